The summed E-state index contributed by atoms with van der Waals surface area (Å²) in [4.78, 5) is 16.0. The number of rotatable bonds is 4. The van der Waals surface area contributed by atoms with E-state index in [2.05, 4.69) is 4.98 Å². The molecule has 0 fully saturated rings. The van der Waals surface area contributed by atoms with Gasteiger partial charge in [-0.2, -0.15) is 0 Å². The lowest BCUT2D eigenvalue weighted by Gasteiger charge is -2.04. The van der Waals surface area contributed by atoms with Crippen LogP contribution in [0.2, 0.25) is 0 Å². The summed E-state index contributed by atoms with van der Waals surface area (Å²) in [5.41, 5.74) is 1.07. The summed E-state index contributed by atoms with van der Waals surface area (Å²) in [6.45, 7) is 2.54. The van der Waals surface area contributed by atoms with Gasteiger partial charge in [0.15, 0.2) is 0 Å². The number of benzene rings is 1. The van der Waals surface area contributed by atoms with Gasteiger partial charge in [-0.25, -0.2) is 0 Å². The van der Waals surface area contributed by atoms with Crippen molar-refractivity contribution in [1.82, 2.24) is 4.98 Å². The zero-order valence-corrected chi connectivity index (χ0v) is 9.59. The molecule has 3 heteroatoms. The summed E-state index contributed by atoms with van der Waals surface area (Å²) >= 11 is 0. The van der Waals surface area contributed by atoms with Gasteiger partial charge in [-0.1, -0.05) is 6.07 Å². The molecular formula is C14H13NO2. The maximum Gasteiger partial charge on any atom is 0.211 e. The van der Waals surface area contributed by atoms with Crippen LogP contribution in [0.3, 0.4) is 0 Å². The first-order valence-electron chi connectivity index (χ1n) is 5.50. The van der Waals surface area contributed by atoms with E-state index in [1.165, 1.54) is 0 Å². The van der Waals surface area contributed by atoms with Gasteiger partial charge in [0.05, 0.1) is 6.61 Å². The van der Waals surface area contributed by atoms with Crippen molar-refractivity contribution in [2.45, 2.75) is 6.92 Å². The summed E-state index contributed by atoms with van der Waals surface area (Å²) in [6.07, 6.45) is 1.61. The molecule has 0 unspecified atom stereocenters. The van der Waals surface area contributed by atoms with Crippen LogP contribution >= 0.6 is 0 Å². The molecule has 1 aromatic heterocycles. The molecule has 0 saturated heterocycles. The Kier molecular flexibility index (Phi) is 3.50. The van der Waals surface area contributed by atoms with Crippen LogP contribution in [0.1, 0.15) is 23.0 Å². The van der Waals surface area contributed by atoms with Crippen LogP contribution in [-0.2, 0) is 0 Å². The summed E-state index contributed by atoms with van der Waals surface area (Å²) in [6, 6.07) is 12.4. The number of ether oxygens (including phenoxy) is 1. The monoisotopic (exact) mass is 227 g/mol. The Morgan fingerprint density at radius 3 is 2.53 bits per heavy atom. The van der Waals surface area contributed by atoms with Crippen molar-refractivity contribution in [1.29, 1.82) is 0 Å². The van der Waals surface area contributed by atoms with Gasteiger partial charge in [-0.05, 0) is 43.3 Å². The minimum atomic E-state index is -0.0753. The van der Waals surface area contributed by atoms with Gasteiger partial charge in [0, 0.05) is 11.8 Å². The van der Waals surface area contributed by atoms with Gasteiger partial charge in [0.25, 0.3) is 0 Å². The lowest BCUT2D eigenvalue weighted by Crippen LogP contribution is -2.03. The predicted molar refractivity (Wildman–Crippen MR) is 65.3 cm³/mol. The number of nitrogens with zero attached hydrogens (tertiary/aromatic N) is 1. The second kappa shape index (κ2) is 5.25. The molecule has 3 nitrogen and oxygen atoms in total. The lowest BCUT2D eigenvalue weighted by atomic mass is 10.1. The zero-order chi connectivity index (χ0) is 12.1. The van der Waals surface area contributed by atoms with E-state index in [4.69, 9.17) is 4.74 Å². The number of carbonyl (C=O) groups excluding carboxylic acids is 1. The van der Waals surface area contributed by atoms with Crippen LogP contribution in [-0.4, -0.2) is 17.4 Å². The van der Waals surface area contributed by atoms with E-state index >= 15 is 0 Å². The fraction of sp³-hybridized carbons (Fsp3) is 0.143. The first-order valence-corrected chi connectivity index (χ1v) is 5.50. The molecule has 0 radical (unpaired) electrons. The van der Waals surface area contributed by atoms with E-state index < -0.39 is 0 Å². The van der Waals surface area contributed by atoms with Gasteiger partial charge in [0.1, 0.15) is 11.4 Å². The van der Waals surface area contributed by atoms with Crippen molar-refractivity contribution in [3.8, 4) is 5.75 Å². The largest absolute Gasteiger partial charge is 0.494 e. The van der Waals surface area contributed by atoms with Gasteiger partial charge < -0.3 is 4.74 Å². The molecule has 1 heterocycles. The highest BCUT2D eigenvalue weighted by atomic mass is 16.5. The third-order valence-corrected chi connectivity index (χ3v) is 2.33. The Morgan fingerprint density at radius 1 is 1.18 bits per heavy atom. The smallest absolute Gasteiger partial charge is 0.211 e. The highest BCUT2D eigenvalue weighted by Gasteiger charge is 2.09. The van der Waals surface area contributed by atoms with Crippen molar-refractivity contribution >= 4 is 5.78 Å². The fourth-order valence-corrected chi connectivity index (χ4v) is 1.51. The quantitative estimate of drug-likeness (QED) is 0.754. The number of pyridine rings is 1. The second-order valence-electron chi connectivity index (χ2n) is 3.50. The van der Waals surface area contributed by atoms with E-state index in [-0.39, 0.29) is 5.78 Å². The normalized spacial score (nSPS) is 9.94. The van der Waals surface area contributed by atoms with Gasteiger partial charge in [0.2, 0.25) is 5.78 Å². The summed E-state index contributed by atoms with van der Waals surface area (Å²) in [7, 11) is 0. The number of aromatic nitrogens is 1. The minimum absolute atomic E-state index is 0.0753. The molecule has 2 aromatic rings. The van der Waals surface area contributed by atoms with Gasteiger partial charge in [-0.3, -0.25) is 9.78 Å². The molecule has 0 saturated carbocycles. The molecule has 2 rings (SSSR count). The summed E-state index contributed by atoms with van der Waals surface area (Å²) < 4.78 is 5.32. The number of hydrogen-bond donors (Lipinski definition) is 0. The maximum atomic E-state index is 12.0. The Balaban J connectivity index is 2.20. The Morgan fingerprint density at radius 2 is 1.94 bits per heavy atom. The SMILES string of the molecule is CCOc1ccc(C(=O)c2ccccn2)cc1. The van der Waals surface area contributed by atoms with Crippen molar-refractivity contribution < 1.29 is 9.53 Å². The first kappa shape index (κ1) is 11.3. The molecule has 17 heavy (non-hydrogen) atoms. The summed E-state index contributed by atoms with van der Waals surface area (Å²) in [5.74, 6) is 0.693. The van der Waals surface area contributed by atoms with Crippen LogP contribution in [0, 0.1) is 0 Å². The molecule has 1 aromatic carbocycles. The highest BCUT2D eigenvalue weighted by Crippen LogP contribution is 2.14. The van der Waals surface area contributed by atoms with Crippen LogP contribution < -0.4 is 4.74 Å². The topological polar surface area (TPSA) is 39.2 Å². The molecule has 0 aliphatic heterocycles. The average molecular weight is 227 g/mol. The third-order valence-electron chi connectivity index (χ3n) is 2.33. The van der Waals surface area contributed by atoms with Crippen LogP contribution in [0.15, 0.2) is 48.7 Å². The van der Waals surface area contributed by atoms with Gasteiger partial charge in [-0.15, -0.1) is 0 Å². The molecule has 86 valence electrons. The molecule has 0 aliphatic carbocycles. The molecule has 0 spiro atoms. The molecular weight excluding hydrogens is 214 g/mol. The van der Waals surface area contributed by atoms with E-state index in [1.807, 2.05) is 6.92 Å². The Labute approximate surface area is 100 Å². The molecule has 0 N–H and O–H groups in total. The molecule has 0 aliphatic rings. The second-order valence-corrected chi connectivity index (χ2v) is 3.50. The van der Waals surface area contributed by atoms with E-state index in [0.717, 1.165) is 5.75 Å². The Hall–Kier alpha value is -2.16. The molecule has 0 atom stereocenters. The third kappa shape index (κ3) is 2.69. The van der Waals surface area contributed by atoms with Gasteiger partial charge >= 0.3 is 0 Å². The summed E-state index contributed by atoms with van der Waals surface area (Å²) in [5, 5.41) is 0. The molecule has 0 bridgehead atoms. The molecule has 0 amide bonds. The van der Waals surface area contributed by atoms with Crippen molar-refractivity contribution in [2.24, 2.45) is 0 Å². The lowest BCUT2D eigenvalue weighted by molar-refractivity contribution is 0.103. The Bertz CT molecular complexity index is 491. The number of carbonyl (C=O) groups is 1. The van der Waals surface area contributed by atoms with E-state index in [9.17, 15) is 4.79 Å². The standard InChI is InChI=1S/C14H13NO2/c1-2-17-12-8-6-11(7-9-12)14(16)13-5-3-4-10-15-13/h3-10H,2H2,1H3. The minimum Gasteiger partial charge on any atom is -0.494 e. The van der Waals surface area contributed by atoms with Crippen LogP contribution in [0.25, 0.3) is 0 Å². The van der Waals surface area contributed by atoms with E-state index in [1.54, 1.807) is 48.7 Å². The zero-order valence-electron chi connectivity index (χ0n) is 9.59. The van der Waals surface area contributed by atoms with Crippen molar-refractivity contribution in [3.05, 3.63) is 59.9 Å². The maximum absolute atomic E-state index is 12.0. The van der Waals surface area contributed by atoms with Crippen molar-refractivity contribution in [3.63, 3.8) is 0 Å². The average Bonchev–Trinajstić information content (AvgIpc) is 2.40. The van der Waals surface area contributed by atoms with Crippen molar-refractivity contribution in [2.75, 3.05) is 6.61 Å². The first-order chi connectivity index (χ1) is 8.31. The number of ketones is 1. The number of hydrogen-bond acceptors (Lipinski definition) is 3. The van der Waals surface area contributed by atoms with Crippen LogP contribution in [0.4, 0.5) is 0 Å². The van der Waals surface area contributed by atoms with Crippen LogP contribution in [0.5, 0.6) is 5.75 Å². The fourth-order valence-electron chi connectivity index (χ4n) is 1.51. The van der Waals surface area contributed by atoms with E-state index in [0.29, 0.717) is 17.9 Å². The predicted octanol–water partition coefficient (Wildman–Crippen LogP) is 2.71. The highest BCUT2D eigenvalue weighted by molar-refractivity contribution is 6.07.